The van der Waals surface area contributed by atoms with Crippen molar-refractivity contribution in [3.63, 3.8) is 0 Å². The molecule has 0 aromatic heterocycles. The molecule has 2 aromatic carbocycles. The molecule has 30 heavy (non-hydrogen) atoms. The van der Waals surface area contributed by atoms with E-state index in [1.54, 1.807) is 18.9 Å². The van der Waals surface area contributed by atoms with Gasteiger partial charge in [-0.15, -0.1) is 0 Å². The molecule has 0 aliphatic rings. The van der Waals surface area contributed by atoms with Gasteiger partial charge < -0.3 is 19.7 Å². The number of ether oxygens (including phenoxy) is 2. The lowest BCUT2D eigenvalue weighted by Crippen LogP contribution is -2.49. The number of rotatable bonds is 9. The molecule has 0 radical (unpaired) electrons. The average Bonchev–Trinajstić information content (AvgIpc) is 2.73. The zero-order valence-electron chi connectivity index (χ0n) is 18.7. The number of carbonyl (C=O) groups is 2. The molecular formula is C24H32N2O4. The zero-order chi connectivity index (χ0) is 22.3. The molecule has 0 aliphatic carbocycles. The minimum absolute atomic E-state index is 0.135. The van der Waals surface area contributed by atoms with Crippen LogP contribution in [0.4, 0.5) is 0 Å². The maximum atomic E-state index is 13.1. The van der Waals surface area contributed by atoms with Gasteiger partial charge in [0.25, 0.3) is 5.91 Å². The Labute approximate surface area is 179 Å². The summed E-state index contributed by atoms with van der Waals surface area (Å²) in [7, 11) is 1.61. The quantitative estimate of drug-likeness (QED) is 0.684. The highest BCUT2D eigenvalue weighted by atomic mass is 16.5. The largest absolute Gasteiger partial charge is 0.497 e. The molecule has 0 saturated carbocycles. The molecule has 2 aromatic rings. The molecule has 1 N–H and O–H groups in total. The standard InChI is InChI=1S/C24H32N2O4/c1-7-25-24(28)19(5)26(14-20-8-10-21(29-6)11-9-20)23(27)15-30-22-13-16(2)12-17(3)18(22)4/h8-13,19H,7,14-15H2,1-6H3,(H,25,28)/t19-/m1/s1. The zero-order valence-corrected chi connectivity index (χ0v) is 18.7. The van der Waals surface area contributed by atoms with Gasteiger partial charge in [-0.25, -0.2) is 0 Å². The van der Waals surface area contributed by atoms with Crippen LogP contribution in [-0.4, -0.2) is 43.0 Å². The van der Waals surface area contributed by atoms with Gasteiger partial charge in [0.15, 0.2) is 6.61 Å². The molecule has 0 fully saturated rings. The van der Waals surface area contributed by atoms with Gasteiger partial charge in [-0.05, 0) is 75.1 Å². The summed E-state index contributed by atoms with van der Waals surface area (Å²) in [6.45, 7) is 10.2. The van der Waals surface area contributed by atoms with E-state index < -0.39 is 6.04 Å². The number of nitrogens with zero attached hydrogens (tertiary/aromatic N) is 1. The highest BCUT2D eigenvalue weighted by Gasteiger charge is 2.26. The lowest BCUT2D eigenvalue weighted by Gasteiger charge is -2.29. The van der Waals surface area contributed by atoms with Crippen LogP contribution in [0.5, 0.6) is 11.5 Å². The Morgan fingerprint density at radius 2 is 1.77 bits per heavy atom. The van der Waals surface area contributed by atoms with Crippen molar-refractivity contribution >= 4 is 11.8 Å². The van der Waals surface area contributed by atoms with Crippen LogP contribution in [0.3, 0.4) is 0 Å². The highest BCUT2D eigenvalue weighted by Crippen LogP contribution is 2.23. The first-order valence-electron chi connectivity index (χ1n) is 10.2. The van der Waals surface area contributed by atoms with Crippen LogP contribution < -0.4 is 14.8 Å². The van der Waals surface area contributed by atoms with E-state index in [4.69, 9.17) is 9.47 Å². The van der Waals surface area contributed by atoms with E-state index in [1.807, 2.05) is 58.0 Å². The van der Waals surface area contributed by atoms with Crippen LogP contribution >= 0.6 is 0 Å². The van der Waals surface area contributed by atoms with Gasteiger partial charge in [0.05, 0.1) is 7.11 Å². The Hall–Kier alpha value is -3.02. The van der Waals surface area contributed by atoms with E-state index in [0.717, 1.165) is 28.0 Å². The average molecular weight is 413 g/mol. The van der Waals surface area contributed by atoms with E-state index in [1.165, 1.54) is 0 Å². The van der Waals surface area contributed by atoms with Crippen LogP contribution in [0.1, 0.15) is 36.1 Å². The molecule has 0 unspecified atom stereocenters. The number of methoxy groups -OCH3 is 1. The van der Waals surface area contributed by atoms with Crippen molar-refractivity contribution in [1.29, 1.82) is 0 Å². The first-order chi connectivity index (χ1) is 14.3. The molecule has 162 valence electrons. The number of aryl methyl sites for hydroxylation is 2. The molecule has 2 amide bonds. The first kappa shape index (κ1) is 23.3. The van der Waals surface area contributed by atoms with Crippen molar-refractivity contribution in [2.45, 2.75) is 47.2 Å². The molecule has 0 bridgehead atoms. The minimum Gasteiger partial charge on any atom is -0.497 e. The fraction of sp³-hybridized carbons (Fsp3) is 0.417. The Balaban J connectivity index is 2.19. The summed E-state index contributed by atoms with van der Waals surface area (Å²) in [6.07, 6.45) is 0. The van der Waals surface area contributed by atoms with E-state index in [-0.39, 0.29) is 18.4 Å². The van der Waals surface area contributed by atoms with E-state index in [0.29, 0.717) is 18.8 Å². The van der Waals surface area contributed by atoms with Gasteiger partial charge in [-0.1, -0.05) is 18.2 Å². The number of benzene rings is 2. The van der Waals surface area contributed by atoms with Gasteiger partial charge in [0.1, 0.15) is 17.5 Å². The number of hydrogen-bond acceptors (Lipinski definition) is 4. The lowest BCUT2D eigenvalue weighted by atomic mass is 10.1. The third-order valence-corrected chi connectivity index (χ3v) is 5.15. The minimum atomic E-state index is -0.622. The van der Waals surface area contributed by atoms with E-state index in [9.17, 15) is 9.59 Å². The van der Waals surface area contributed by atoms with Gasteiger partial charge in [0, 0.05) is 13.1 Å². The van der Waals surface area contributed by atoms with Crippen molar-refractivity contribution in [2.75, 3.05) is 20.3 Å². The number of nitrogens with one attached hydrogen (secondary N) is 1. The third kappa shape index (κ3) is 5.99. The van der Waals surface area contributed by atoms with Crippen LogP contribution in [-0.2, 0) is 16.1 Å². The van der Waals surface area contributed by atoms with Crippen molar-refractivity contribution in [1.82, 2.24) is 10.2 Å². The fourth-order valence-electron chi connectivity index (χ4n) is 3.21. The molecule has 1 atom stereocenters. The number of amides is 2. The summed E-state index contributed by atoms with van der Waals surface area (Å²) in [6, 6.07) is 10.8. The van der Waals surface area contributed by atoms with Gasteiger partial charge >= 0.3 is 0 Å². The summed E-state index contributed by atoms with van der Waals surface area (Å²) in [5, 5.41) is 2.79. The van der Waals surface area contributed by atoms with Gasteiger partial charge in [0.2, 0.25) is 5.91 Å². The smallest absolute Gasteiger partial charge is 0.261 e. The monoisotopic (exact) mass is 412 g/mol. The maximum absolute atomic E-state index is 13.1. The molecular weight excluding hydrogens is 380 g/mol. The number of hydrogen-bond donors (Lipinski definition) is 1. The summed E-state index contributed by atoms with van der Waals surface area (Å²) < 4.78 is 11.1. The molecule has 2 rings (SSSR count). The van der Waals surface area contributed by atoms with E-state index in [2.05, 4.69) is 11.4 Å². The predicted octanol–water partition coefficient (Wildman–Crippen LogP) is 3.55. The highest BCUT2D eigenvalue weighted by molar-refractivity contribution is 5.87. The molecule has 6 nitrogen and oxygen atoms in total. The van der Waals surface area contributed by atoms with Crippen molar-refractivity contribution in [2.24, 2.45) is 0 Å². The molecule has 0 spiro atoms. The van der Waals surface area contributed by atoms with Gasteiger partial charge in [-0.3, -0.25) is 9.59 Å². The number of carbonyl (C=O) groups excluding carboxylic acids is 2. The predicted molar refractivity (Wildman–Crippen MR) is 118 cm³/mol. The van der Waals surface area contributed by atoms with Crippen molar-refractivity contribution in [3.05, 3.63) is 58.7 Å². The first-order valence-corrected chi connectivity index (χ1v) is 10.2. The summed E-state index contributed by atoms with van der Waals surface area (Å²) >= 11 is 0. The maximum Gasteiger partial charge on any atom is 0.261 e. The van der Waals surface area contributed by atoms with Gasteiger partial charge in [-0.2, -0.15) is 0 Å². The fourth-order valence-corrected chi connectivity index (χ4v) is 3.21. The second kappa shape index (κ2) is 10.7. The molecule has 0 saturated heterocycles. The second-order valence-corrected chi connectivity index (χ2v) is 7.43. The van der Waals surface area contributed by atoms with Crippen molar-refractivity contribution in [3.8, 4) is 11.5 Å². The Bertz CT molecular complexity index is 878. The normalized spacial score (nSPS) is 11.5. The van der Waals surface area contributed by atoms with Crippen LogP contribution in [0.15, 0.2) is 36.4 Å². The van der Waals surface area contributed by atoms with Crippen LogP contribution in [0, 0.1) is 20.8 Å². The molecule has 6 heteroatoms. The lowest BCUT2D eigenvalue weighted by molar-refractivity contribution is -0.142. The van der Waals surface area contributed by atoms with Crippen LogP contribution in [0.25, 0.3) is 0 Å². The Morgan fingerprint density at radius 3 is 2.37 bits per heavy atom. The van der Waals surface area contributed by atoms with Crippen LogP contribution in [0.2, 0.25) is 0 Å². The second-order valence-electron chi connectivity index (χ2n) is 7.43. The topological polar surface area (TPSA) is 67.9 Å². The molecule has 0 aliphatic heterocycles. The third-order valence-electron chi connectivity index (χ3n) is 5.15. The number of likely N-dealkylation sites (N-methyl/N-ethyl adjacent to an activating group) is 1. The SMILES string of the molecule is CCNC(=O)[C@@H](C)N(Cc1ccc(OC)cc1)C(=O)COc1cc(C)cc(C)c1C. The summed E-state index contributed by atoms with van der Waals surface area (Å²) in [4.78, 5) is 27.0. The Morgan fingerprint density at radius 1 is 1.10 bits per heavy atom. The van der Waals surface area contributed by atoms with E-state index >= 15 is 0 Å². The van der Waals surface area contributed by atoms with Crippen molar-refractivity contribution < 1.29 is 19.1 Å². The molecule has 0 heterocycles. The Kier molecular flexibility index (Phi) is 8.27. The summed E-state index contributed by atoms with van der Waals surface area (Å²) in [5.41, 5.74) is 4.10. The summed E-state index contributed by atoms with van der Waals surface area (Å²) in [5.74, 6) is 0.989.